The molecular formula is C17H22BrN3O3. The van der Waals surface area contributed by atoms with Crippen LogP contribution in [0.3, 0.4) is 0 Å². The van der Waals surface area contributed by atoms with Crippen molar-refractivity contribution in [3.63, 3.8) is 0 Å². The van der Waals surface area contributed by atoms with Crippen molar-refractivity contribution in [2.75, 3.05) is 45.9 Å². The standard InChI is InChI=1S/C17H22BrN3O3/c1-3-20-5-7-21(8-6-20)16(22)12-24-17-14(18)9-13(11-19)10-15(17)23-4-2/h9-10H,3-8,12H2,1-2H3. The maximum absolute atomic E-state index is 12.3. The second kappa shape index (κ2) is 8.90. The zero-order chi connectivity index (χ0) is 17.5. The van der Waals surface area contributed by atoms with Gasteiger partial charge < -0.3 is 19.3 Å². The number of carbonyl (C=O) groups excluding carboxylic acids is 1. The van der Waals surface area contributed by atoms with E-state index in [0.29, 0.717) is 28.1 Å². The van der Waals surface area contributed by atoms with Crippen LogP contribution in [-0.2, 0) is 4.79 Å². The van der Waals surface area contributed by atoms with Crippen LogP contribution < -0.4 is 9.47 Å². The van der Waals surface area contributed by atoms with Gasteiger partial charge in [-0.3, -0.25) is 4.79 Å². The van der Waals surface area contributed by atoms with Crippen LogP contribution in [0.25, 0.3) is 0 Å². The summed E-state index contributed by atoms with van der Waals surface area (Å²) in [5.41, 5.74) is 0.472. The fourth-order valence-corrected chi connectivity index (χ4v) is 3.13. The second-order valence-corrected chi connectivity index (χ2v) is 6.29. The van der Waals surface area contributed by atoms with Crippen LogP contribution in [0.15, 0.2) is 16.6 Å². The highest BCUT2D eigenvalue weighted by atomic mass is 79.9. The first-order chi connectivity index (χ1) is 11.6. The van der Waals surface area contributed by atoms with E-state index in [2.05, 4.69) is 33.8 Å². The Morgan fingerprint density at radius 3 is 2.54 bits per heavy atom. The summed E-state index contributed by atoms with van der Waals surface area (Å²) in [6.07, 6.45) is 0. The monoisotopic (exact) mass is 395 g/mol. The summed E-state index contributed by atoms with van der Waals surface area (Å²) >= 11 is 3.38. The van der Waals surface area contributed by atoms with Gasteiger partial charge in [0.2, 0.25) is 0 Å². The van der Waals surface area contributed by atoms with Gasteiger partial charge in [0, 0.05) is 32.2 Å². The van der Waals surface area contributed by atoms with E-state index in [1.807, 2.05) is 11.8 Å². The Hall–Kier alpha value is -1.78. The zero-order valence-corrected chi connectivity index (χ0v) is 15.6. The lowest BCUT2D eigenvalue weighted by Crippen LogP contribution is -2.49. The predicted molar refractivity (Wildman–Crippen MR) is 94.2 cm³/mol. The highest BCUT2D eigenvalue weighted by molar-refractivity contribution is 9.10. The Labute approximate surface area is 151 Å². The van der Waals surface area contributed by atoms with E-state index in [1.54, 1.807) is 12.1 Å². The van der Waals surface area contributed by atoms with Crippen molar-refractivity contribution in [2.45, 2.75) is 13.8 Å². The molecule has 1 heterocycles. The Morgan fingerprint density at radius 2 is 1.96 bits per heavy atom. The van der Waals surface area contributed by atoms with Crippen LogP contribution >= 0.6 is 15.9 Å². The molecule has 24 heavy (non-hydrogen) atoms. The van der Waals surface area contributed by atoms with Gasteiger partial charge in [-0.05, 0) is 35.5 Å². The summed E-state index contributed by atoms with van der Waals surface area (Å²) in [4.78, 5) is 16.5. The fourth-order valence-electron chi connectivity index (χ4n) is 2.57. The topological polar surface area (TPSA) is 65.8 Å². The van der Waals surface area contributed by atoms with Crippen molar-refractivity contribution in [1.82, 2.24) is 9.80 Å². The first-order valence-electron chi connectivity index (χ1n) is 8.08. The van der Waals surface area contributed by atoms with Crippen LogP contribution in [0.1, 0.15) is 19.4 Å². The normalized spacial score (nSPS) is 15.0. The van der Waals surface area contributed by atoms with Crippen molar-refractivity contribution in [2.24, 2.45) is 0 Å². The number of hydrogen-bond acceptors (Lipinski definition) is 5. The third kappa shape index (κ3) is 4.62. The molecule has 1 fully saturated rings. The minimum absolute atomic E-state index is 0.0375. The SMILES string of the molecule is CCOc1cc(C#N)cc(Br)c1OCC(=O)N1CCN(CC)CC1. The molecule has 0 unspecified atom stereocenters. The predicted octanol–water partition coefficient (Wildman–Crippen LogP) is 2.26. The molecule has 0 N–H and O–H groups in total. The molecule has 7 heteroatoms. The maximum atomic E-state index is 12.3. The molecule has 1 saturated heterocycles. The molecule has 0 atom stereocenters. The number of nitrogens with zero attached hydrogens (tertiary/aromatic N) is 3. The summed E-state index contributed by atoms with van der Waals surface area (Å²) < 4.78 is 11.8. The first kappa shape index (κ1) is 18.6. The summed E-state index contributed by atoms with van der Waals surface area (Å²) in [7, 11) is 0. The molecule has 0 saturated carbocycles. The van der Waals surface area contributed by atoms with Gasteiger partial charge in [-0.2, -0.15) is 5.26 Å². The quantitative estimate of drug-likeness (QED) is 0.738. The summed E-state index contributed by atoms with van der Waals surface area (Å²) in [6, 6.07) is 5.35. The number of rotatable bonds is 6. The van der Waals surface area contributed by atoms with Gasteiger partial charge in [-0.25, -0.2) is 0 Å². The maximum Gasteiger partial charge on any atom is 0.260 e. The van der Waals surface area contributed by atoms with Crippen LogP contribution in [0.2, 0.25) is 0 Å². The van der Waals surface area contributed by atoms with Gasteiger partial charge in [0.05, 0.1) is 22.7 Å². The third-order valence-electron chi connectivity index (χ3n) is 3.95. The van der Waals surface area contributed by atoms with Gasteiger partial charge in [0.1, 0.15) is 0 Å². The molecule has 2 rings (SSSR count). The molecule has 0 aromatic heterocycles. The average molecular weight is 396 g/mol. The number of benzene rings is 1. The number of carbonyl (C=O) groups is 1. The average Bonchev–Trinajstić information content (AvgIpc) is 2.60. The fraction of sp³-hybridized carbons (Fsp3) is 0.529. The number of piperazine rings is 1. The number of likely N-dealkylation sites (N-methyl/N-ethyl adjacent to an activating group) is 1. The largest absolute Gasteiger partial charge is 0.490 e. The minimum Gasteiger partial charge on any atom is -0.490 e. The summed E-state index contributed by atoms with van der Waals surface area (Å²) in [6.45, 7) is 8.63. The van der Waals surface area contributed by atoms with E-state index >= 15 is 0 Å². The first-order valence-corrected chi connectivity index (χ1v) is 8.87. The molecular weight excluding hydrogens is 374 g/mol. The van der Waals surface area contributed by atoms with Crippen molar-refractivity contribution >= 4 is 21.8 Å². The van der Waals surface area contributed by atoms with Crippen LogP contribution in [-0.4, -0.2) is 61.6 Å². The molecule has 0 aliphatic carbocycles. The number of hydrogen-bond donors (Lipinski definition) is 0. The Balaban J connectivity index is 2.01. The van der Waals surface area contributed by atoms with E-state index < -0.39 is 0 Å². The van der Waals surface area contributed by atoms with Gasteiger partial charge in [0.25, 0.3) is 5.91 Å². The van der Waals surface area contributed by atoms with Crippen molar-refractivity contribution in [1.29, 1.82) is 5.26 Å². The van der Waals surface area contributed by atoms with Crippen molar-refractivity contribution < 1.29 is 14.3 Å². The zero-order valence-electron chi connectivity index (χ0n) is 14.0. The van der Waals surface area contributed by atoms with Crippen molar-refractivity contribution in [3.8, 4) is 17.6 Å². The molecule has 1 aliphatic rings. The third-order valence-corrected chi connectivity index (χ3v) is 4.54. The van der Waals surface area contributed by atoms with Crippen molar-refractivity contribution in [3.05, 3.63) is 22.2 Å². The Bertz CT molecular complexity index is 622. The van der Waals surface area contributed by atoms with Crippen LogP contribution in [0.5, 0.6) is 11.5 Å². The molecule has 0 spiro atoms. The number of nitriles is 1. The lowest BCUT2D eigenvalue weighted by Gasteiger charge is -2.34. The molecule has 130 valence electrons. The van der Waals surface area contributed by atoms with E-state index in [9.17, 15) is 4.79 Å². The Kier molecular flexibility index (Phi) is 6.88. The van der Waals surface area contributed by atoms with E-state index in [0.717, 1.165) is 32.7 Å². The van der Waals surface area contributed by atoms with E-state index in [-0.39, 0.29) is 12.5 Å². The molecule has 0 bridgehead atoms. The summed E-state index contributed by atoms with van der Waals surface area (Å²) in [5, 5.41) is 9.04. The molecule has 1 amide bonds. The number of halogens is 1. The van der Waals surface area contributed by atoms with E-state index in [1.165, 1.54) is 0 Å². The second-order valence-electron chi connectivity index (χ2n) is 5.43. The smallest absolute Gasteiger partial charge is 0.260 e. The molecule has 6 nitrogen and oxygen atoms in total. The summed E-state index contributed by atoms with van der Waals surface area (Å²) in [5.74, 6) is 0.882. The molecule has 1 aromatic carbocycles. The number of amides is 1. The lowest BCUT2D eigenvalue weighted by atomic mass is 10.2. The van der Waals surface area contributed by atoms with Crippen LogP contribution in [0, 0.1) is 11.3 Å². The molecule has 1 aromatic rings. The molecule has 1 aliphatic heterocycles. The highest BCUT2D eigenvalue weighted by Crippen LogP contribution is 2.36. The number of ether oxygens (including phenoxy) is 2. The minimum atomic E-state index is -0.0449. The van der Waals surface area contributed by atoms with Gasteiger partial charge in [-0.15, -0.1) is 0 Å². The Morgan fingerprint density at radius 1 is 1.25 bits per heavy atom. The van der Waals surface area contributed by atoms with Gasteiger partial charge in [-0.1, -0.05) is 6.92 Å². The highest BCUT2D eigenvalue weighted by Gasteiger charge is 2.21. The molecule has 0 radical (unpaired) electrons. The van der Waals surface area contributed by atoms with Gasteiger partial charge in [0.15, 0.2) is 18.1 Å². The van der Waals surface area contributed by atoms with E-state index in [4.69, 9.17) is 14.7 Å². The lowest BCUT2D eigenvalue weighted by molar-refractivity contribution is -0.135. The van der Waals surface area contributed by atoms with Gasteiger partial charge >= 0.3 is 0 Å². The van der Waals surface area contributed by atoms with Crippen LogP contribution in [0.4, 0.5) is 0 Å².